The third-order valence-electron chi connectivity index (χ3n) is 4.98. The molecular weight excluding hydrogens is 344 g/mol. The van der Waals surface area contributed by atoms with E-state index in [0.29, 0.717) is 11.3 Å². The monoisotopic (exact) mass is 368 g/mol. The predicted molar refractivity (Wildman–Crippen MR) is 104 cm³/mol. The van der Waals surface area contributed by atoms with Crippen molar-refractivity contribution in [2.45, 2.75) is 5.92 Å². The maximum absolute atomic E-state index is 13.1. The molecule has 0 saturated carbocycles. The van der Waals surface area contributed by atoms with Crippen molar-refractivity contribution in [1.29, 1.82) is 0 Å². The van der Waals surface area contributed by atoms with Gasteiger partial charge in [0.2, 0.25) is 0 Å². The Morgan fingerprint density at radius 1 is 1.00 bits per heavy atom. The molecule has 27 heavy (non-hydrogen) atoms. The molecule has 1 aliphatic heterocycles. The molecule has 1 N–H and O–H groups in total. The van der Waals surface area contributed by atoms with Gasteiger partial charge in [-0.25, -0.2) is 4.79 Å². The van der Waals surface area contributed by atoms with Gasteiger partial charge in [-0.3, -0.25) is 10.1 Å². The van der Waals surface area contributed by atoms with E-state index in [1.165, 1.54) is 7.11 Å². The number of Topliss-reactive ketones (excluding diaryl/α,β-unsaturated/α-hetero) is 1. The van der Waals surface area contributed by atoms with E-state index < -0.39 is 6.09 Å². The second-order valence-electron chi connectivity index (χ2n) is 6.77. The molecule has 1 heterocycles. The van der Waals surface area contributed by atoms with Crippen LogP contribution in [0.25, 0.3) is 0 Å². The number of hydrogen-bond acceptors (Lipinski definition) is 5. The summed E-state index contributed by atoms with van der Waals surface area (Å²) >= 11 is 0. The largest absolute Gasteiger partial charge is 0.497 e. The smallest absolute Gasteiger partial charge is 0.411 e. The van der Waals surface area contributed by atoms with Crippen molar-refractivity contribution >= 4 is 17.6 Å². The molecule has 2 aromatic rings. The van der Waals surface area contributed by atoms with E-state index in [4.69, 9.17) is 4.74 Å². The lowest BCUT2D eigenvalue weighted by atomic mass is 9.84. The maximum atomic E-state index is 13.1. The summed E-state index contributed by atoms with van der Waals surface area (Å²) in [5.74, 6) is 0.954. The van der Waals surface area contributed by atoms with Gasteiger partial charge in [0.15, 0.2) is 5.78 Å². The average molecular weight is 368 g/mol. The Balaban J connectivity index is 1.78. The molecule has 0 spiro atoms. The van der Waals surface area contributed by atoms with Crippen LogP contribution >= 0.6 is 0 Å². The number of ether oxygens (including phenoxy) is 2. The van der Waals surface area contributed by atoms with E-state index >= 15 is 0 Å². The summed E-state index contributed by atoms with van der Waals surface area (Å²) in [7, 11) is 4.99. The Bertz CT molecular complexity index is 802. The number of anilines is 1. The highest BCUT2D eigenvalue weighted by Crippen LogP contribution is 2.35. The molecule has 3 rings (SSSR count). The van der Waals surface area contributed by atoms with Crippen molar-refractivity contribution in [3.63, 3.8) is 0 Å². The Labute approximate surface area is 159 Å². The molecule has 1 fully saturated rings. The minimum atomic E-state index is -0.536. The number of hydrogen-bond donors (Lipinski definition) is 1. The van der Waals surface area contributed by atoms with Crippen molar-refractivity contribution in [3.05, 3.63) is 59.7 Å². The molecule has 1 aliphatic rings. The van der Waals surface area contributed by atoms with Gasteiger partial charge in [0.1, 0.15) is 5.75 Å². The van der Waals surface area contributed by atoms with Gasteiger partial charge in [-0.1, -0.05) is 12.1 Å². The van der Waals surface area contributed by atoms with Crippen LogP contribution in [0.15, 0.2) is 48.5 Å². The standard InChI is InChI=1S/C21H24N2O4/c1-23-12-18(14-6-10-17(26-2)11-7-14)19(13-23)20(24)15-4-8-16(9-5-15)22-21(25)27-3/h4-11,18-19H,12-13H2,1-3H3,(H,22,25). The Morgan fingerprint density at radius 2 is 1.67 bits per heavy atom. The van der Waals surface area contributed by atoms with Crippen LogP contribution in [0.3, 0.4) is 0 Å². The van der Waals surface area contributed by atoms with Crippen LogP contribution in [0.5, 0.6) is 5.75 Å². The average Bonchev–Trinajstić information content (AvgIpc) is 3.09. The number of likely N-dealkylation sites (N-methyl/N-ethyl adjacent to an activating group) is 1. The number of carbonyl (C=O) groups is 2. The fourth-order valence-electron chi connectivity index (χ4n) is 3.56. The molecule has 0 radical (unpaired) electrons. The summed E-state index contributed by atoms with van der Waals surface area (Å²) in [6.07, 6.45) is -0.536. The van der Waals surface area contributed by atoms with Gasteiger partial charge in [-0.05, 0) is 49.0 Å². The topological polar surface area (TPSA) is 67.9 Å². The number of ketones is 1. The van der Waals surface area contributed by atoms with Gasteiger partial charge in [0.25, 0.3) is 0 Å². The molecule has 1 amide bonds. The van der Waals surface area contributed by atoms with Gasteiger partial charge in [0.05, 0.1) is 14.2 Å². The SMILES string of the molecule is COC(=O)Nc1ccc(C(=O)C2CN(C)CC2c2ccc(OC)cc2)cc1. The number of benzene rings is 2. The van der Waals surface area contributed by atoms with Gasteiger partial charge < -0.3 is 14.4 Å². The number of carbonyl (C=O) groups excluding carboxylic acids is 2. The lowest BCUT2D eigenvalue weighted by molar-refractivity contribution is 0.0915. The number of nitrogens with zero attached hydrogens (tertiary/aromatic N) is 1. The van der Waals surface area contributed by atoms with Crippen LogP contribution in [0.2, 0.25) is 0 Å². The van der Waals surface area contributed by atoms with Gasteiger partial charge in [0, 0.05) is 36.2 Å². The Morgan fingerprint density at radius 3 is 2.26 bits per heavy atom. The summed E-state index contributed by atoms with van der Waals surface area (Å²) < 4.78 is 9.80. The molecule has 0 aliphatic carbocycles. The molecular formula is C21H24N2O4. The highest BCUT2D eigenvalue weighted by Gasteiger charge is 2.37. The Hall–Kier alpha value is -2.86. The first-order chi connectivity index (χ1) is 13.0. The van der Waals surface area contributed by atoms with E-state index in [1.807, 2.05) is 31.3 Å². The van der Waals surface area contributed by atoms with Crippen molar-refractivity contribution in [3.8, 4) is 5.75 Å². The first kappa shape index (κ1) is 18.9. The fraction of sp³-hybridized carbons (Fsp3) is 0.333. The van der Waals surface area contributed by atoms with E-state index in [9.17, 15) is 9.59 Å². The van der Waals surface area contributed by atoms with Crippen LogP contribution in [0.4, 0.5) is 10.5 Å². The molecule has 6 heteroatoms. The van der Waals surface area contributed by atoms with Crippen LogP contribution in [-0.4, -0.2) is 51.1 Å². The first-order valence-electron chi connectivity index (χ1n) is 8.83. The summed E-state index contributed by atoms with van der Waals surface area (Å²) in [4.78, 5) is 26.6. The number of amides is 1. The van der Waals surface area contributed by atoms with E-state index in [0.717, 1.165) is 24.4 Å². The van der Waals surface area contributed by atoms with Crippen molar-refractivity contribution in [2.75, 3.05) is 39.7 Å². The Kier molecular flexibility index (Phi) is 5.76. The first-order valence-corrected chi connectivity index (χ1v) is 8.83. The lowest BCUT2D eigenvalue weighted by Gasteiger charge is -2.18. The van der Waals surface area contributed by atoms with Crippen LogP contribution < -0.4 is 10.1 Å². The van der Waals surface area contributed by atoms with Gasteiger partial charge in [-0.15, -0.1) is 0 Å². The normalized spacial score (nSPS) is 19.5. The quantitative estimate of drug-likeness (QED) is 0.819. The highest BCUT2D eigenvalue weighted by molar-refractivity contribution is 5.99. The third kappa shape index (κ3) is 4.28. The number of methoxy groups -OCH3 is 2. The molecule has 2 unspecified atom stereocenters. The molecule has 1 saturated heterocycles. The zero-order chi connectivity index (χ0) is 19.4. The zero-order valence-electron chi connectivity index (χ0n) is 15.8. The van der Waals surface area contributed by atoms with Crippen molar-refractivity contribution in [1.82, 2.24) is 4.90 Å². The van der Waals surface area contributed by atoms with Crippen LogP contribution in [-0.2, 0) is 4.74 Å². The number of likely N-dealkylation sites (tertiary alicyclic amines) is 1. The predicted octanol–water partition coefficient (Wildman–Crippen LogP) is 3.40. The lowest BCUT2D eigenvalue weighted by Crippen LogP contribution is -2.22. The molecule has 6 nitrogen and oxygen atoms in total. The van der Waals surface area contributed by atoms with Crippen LogP contribution in [0.1, 0.15) is 21.8 Å². The second-order valence-corrected chi connectivity index (χ2v) is 6.77. The molecule has 2 aromatic carbocycles. The summed E-state index contributed by atoms with van der Waals surface area (Å²) in [6, 6.07) is 14.9. The maximum Gasteiger partial charge on any atom is 0.411 e. The molecule has 0 bridgehead atoms. The van der Waals surface area contributed by atoms with Crippen molar-refractivity contribution < 1.29 is 19.1 Å². The second kappa shape index (κ2) is 8.22. The summed E-state index contributed by atoms with van der Waals surface area (Å²) in [6.45, 7) is 1.56. The molecule has 2 atom stereocenters. The minimum absolute atomic E-state index is 0.109. The molecule has 142 valence electrons. The third-order valence-corrected chi connectivity index (χ3v) is 4.98. The van der Waals surface area contributed by atoms with Crippen molar-refractivity contribution in [2.24, 2.45) is 5.92 Å². The number of rotatable bonds is 5. The summed E-state index contributed by atoms with van der Waals surface area (Å²) in [5, 5.41) is 2.59. The summed E-state index contributed by atoms with van der Waals surface area (Å²) in [5.41, 5.74) is 2.38. The number of nitrogens with one attached hydrogen (secondary N) is 1. The molecule has 0 aromatic heterocycles. The van der Waals surface area contributed by atoms with E-state index in [-0.39, 0.29) is 17.6 Å². The van der Waals surface area contributed by atoms with E-state index in [1.54, 1.807) is 31.4 Å². The van der Waals surface area contributed by atoms with Gasteiger partial charge in [-0.2, -0.15) is 0 Å². The zero-order valence-corrected chi connectivity index (χ0v) is 15.8. The highest BCUT2D eigenvalue weighted by atomic mass is 16.5. The van der Waals surface area contributed by atoms with Crippen LogP contribution in [0, 0.1) is 5.92 Å². The van der Waals surface area contributed by atoms with E-state index in [2.05, 4.69) is 15.0 Å². The fourth-order valence-corrected chi connectivity index (χ4v) is 3.56. The van der Waals surface area contributed by atoms with Gasteiger partial charge >= 0.3 is 6.09 Å². The minimum Gasteiger partial charge on any atom is -0.497 e.